The van der Waals surface area contributed by atoms with Crippen molar-refractivity contribution >= 4 is 23.4 Å². The van der Waals surface area contributed by atoms with Crippen LogP contribution in [0.25, 0.3) is 11.5 Å². The molecular weight excluding hydrogens is 348 g/mol. The zero-order valence-corrected chi connectivity index (χ0v) is 13.9. The fraction of sp³-hybridized carbons (Fsp3) is 0.118. The van der Waals surface area contributed by atoms with Gasteiger partial charge in [0.15, 0.2) is 11.6 Å². The number of thioether (sulfide) groups is 1. The standard InChI is InChI=1S/C17H13F2N3O2S/c1-10-3-2-4-11(7-10)16-21-22-17(24-16)25-9-15(23)20-12-5-6-13(18)14(19)8-12/h2-8H,9H2,1H3,(H,20,23). The molecule has 0 saturated carbocycles. The number of carbonyl (C=O) groups is 1. The highest BCUT2D eigenvalue weighted by Crippen LogP contribution is 2.24. The smallest absolute Gasteiger partial charge is 0.277 e. The number of halogens is 2. The minimum absolute atomic E-state index is 0.00551. The van der Waals surface area contributed by atoms with E-state index < -0.39 is 17.5 Å². The number of benzene rings is 2. The van der Waals surface area contributed by atoms with Crippen molar-refractivity contribution in [3.8, 4) is 11.5 Å². The lowest BCUT2D eigenvalue weighted by Crippen LogP contribution is -2.14. The lowest BCUT2D eigenvalue weighted by Gasteiger charge is -2.04. The van der Waals surface area contributed by atoms with Crippen molar-refractivity contribution in [2.24, 2.45) is 0 Å². The van der Waals surface area contributed by atoms with Crippen molar-refractivity contribution in [1.82, 2.24) is 10.2 Å². The molecule has 5 nitrogen and oxygen atoms in total. The first-order valence-electron chi connectivity index (χ1n) is 7.29. The molecule has 0 radical (unpaired) electrons. The number of amides is 1. The van der Waals surface area contributed by atoms with E-state index in [2.05, 4.69) is 15.5 Å². The monoisotopic (exact) mass is 361 g/mol. The van der Waals surface area contributed by atoms with Gasteiger partial charge in [0.2, 0.25) is 11.8 Å². The molecule has 8 heteroatoms. The number of hydrogen-bond acceptors (Lipinski definition) is 5. The summed E-state index contributed by atoms with van der Waals surface area (Å²) in [5.41, 5.74) is 2.04. The number of aryl methyl sites for hydroxylation is 1. The van der Waals surface area contributed by atoms with Crippen LogP contribution in [-0.4, -0.2) is 21.9 Å². The maximum Gasteiger partial charge on any atom is 0.277 e. The molecule has 0 unspecified atom stereocenters. The number of aromatic nitrogens is 2. The van der Waals surface area contributed by atoms with Crippen molar-refractivity contribution in [3.63, 3.8) is 0 Å². The molecule has 3 rings (SSSR count). The van der Waals surface area contributed by atoms with Gasteiger partial charge in [0.05, 0.1) is 5.75 Å². The molecule has 0 aliphatic rings. The summed E-state index contributed by atoms with van der Waals surface area (Å²) in [6.45, 7) is 1.96. The van der Waals surface area contributed by atoms with Crippen LogP contribution in [0.5, 0.6) is 0 Å². The Labute approximate surface area is 146 Å². The Morgan fingerprint density at radius 2 is 2.00 bits per heavy atom. The maximum absolute atomic E-state index is 13.1. The van der Waals surface area contributed by atoms with E-state index in [1.54, 1.807) is 0 Å². The molecule has 0 aliphatic heterocycles. The van der Waals surface area contributed by atoms with Gasteiger partial charge in [-0.2, -0.15) is 0 Å². The lowest BCUT2D eigenvalue weighted by atomic mass is 10.1. The summed E-state index contributed by atoms with van der Waals surface area (Å²) in [5, 5.41) is 10.6. The van der Waals surface area contributed by atoms with E-state index in [1.807, 2.05) is 31.2 Å². The zero-order valence-electron chi connectivity index (χ0n) is 13.1. The molecule has 0 bridgehead atoms. The van der Waals surface area contributed by atoms with Gasteiger partial charge in [-0.05, 0) is 31.2 Å². The Morgan fingerprint density at radius 3 is 2.76 bits per heavy atom. The molecule has 1 heterocycles. The second kappa shape index (κ2) is 7.43. The molecule has 0 aliphatic carbocycles. The average molecular weight is 361 g/mol. The lowest BCUT2D eigenvalue weighted by molar-refractivity contribution is -0.113. The van der Waals surface area contributed by atoms with Gasteiger partial charge >= 0.3 is 0 Å². The van der Waals surface area contributed by atoms with Crippen LogP contribution >= 0.6 is 11.8 Å². The van der Waals surface area contributed by atoms with Crippen LogP contribution in [0.15, 0.2) is 52.1 Å². The van der Waals surface area contributed by atoms with Gasteiger partial charge in [0.25, 0.3) is 5.22 Å². The van der Waals surface area contributed by atoms with Gasteiger partial charge in [-0.15, -0.1) is 10.2 Å². The van der Waals surface area contributed by atoms with E-state index in [0.717, 1.165) is 35.0 Å². The van der Waals surface area contributed by atoms with Crippen LogP contribution in [0.3, 0.4) is 0 Å². The molecule has 1 amide bonds. The van der Waals surface area contributed by atoms with Crippen molar-refractivity contribution in [1.29, 1.82) is 0 Å². The van der Waals surface area contributed by atoms with E-state index in [4.69, 9.17) is 4.42 Å². The van der Waals surface area contributed by atoms with Crippen LogP contribution in [-0.2, 0) is 4.79 Å². The van der Waals surface area contributed by atoms with Crippen LogP contribution < -0.4 is 5.32 Å². The molecular formula is C17H13F2N3O2S. The zero-order chi connectivity index (χ0) is 17.8. The predicted octanol–water partition coefficient (Wildman–Crippen LogP) is 4.05. The third-order valence-electron chi connectivity index (χ3n) is 3.20. The summed E-state index contributed by atoms with van der Waals surface area (Å²) < 4.78 is 31.5. The number of nitrogens with zero attached hydrogens (tertiary/aromatic N) is 2. The maximum atomic E-state index is 13.1. The first-order chi connectivity index (χ1) is 12.0. The van der Waals surface area contributed by atoms with Crippen LogP contribution in [0, 0.1) is 18.6 Å². The van der Waals surface area contributed by atoms with E-state index in [1.165, 1.54) is 6.07 Å². The molecule has 0 saturated heterocycles. The molecule has 0 fully saturated rings. The predicted molar refractivity (Wildman–Crippen MR) is 90.2 cm³/mol. The van der Waals surface area contributed by atoms with Crippen molar-refractivity contribution in [2.75, 3.05) is 11.1 Å². The summed E-state index contributed by atoms with van der Waals surface area (Å²) in [4.78, 5) is 11.9. The van der Waals surface area contributed by atoms with E-state index in [9.17, 15) is 13.6 Å². The van der Waals surface area contributed by atoms with Gasteiger partial charge in [-0.3, -0.25) is 4.79 Å². The normalized spacial score (nSPS) is 10.7. The summed E-state index contributed by atoms with van der Waals surface area (Å²) in [7, 11) is 0. The minimum atomic E-state index is -1.02. The first-order valence-corrected chi connectivity index (χ1v) is 8.28. The topological polar surface area (TPSA) is 68.0 Å². The number of carbonyl (C=O) groups excluding carboxylic acids is 1. The minimum Gasteiger partial charge on any atom is -0.411 e. The highest BCUT2D eigenvalue weighted by atomic mass is 32.2. The number of anilines is 1. The van der Waals surface area contributed by atoms with E-state index in [0.29, 0.717) is 5.89 Å². The van der Waals surface area contributed by atoms with Gasteiger partial charge in [-0.1, -0.05) is 29.5 Å². The summed E-state index contributed by atoms with van der Waals surface area (Å²) in [6, 6.07) is 10.8. The molecule has 2 aromatic carbocycles. The van der Waals surface area contributed by atoms with Crippen LogP contribution in [0.1, 0.15) is 5.56 Å². The second-order valence-corrected chi connectivity index (χ2v) is 6.13. The molecule has 1 aromatic heterocycles. The van der Waals surface area contributed by atoms with E-state index in [-0.39, 0.29) is 16.7 Å². The van der Waals surface area contributed by atoms with Gasteiger partial charge < -0.3 is 9.73 Å². The number of rotatable bonds is 5. The number of hydrogen-bond donors (Lipinski definition) is 1. The van der Waals surface area contributed by atoms with Crippen molar-refractivity contribution < 1.29 is 18.0 Å². The van der Waals surface area contributed by atoms with Crippen molar-refractivity contribution in [2.45, 2.75) is 12.1 Å². The Hall–Kier alpha value is -2.74. The Bertz CT molecular complexity index is 914. The summed E-state index contributed by atoms with van der Waals surface area (Å²) >= 11 is 1.05. The SMILES string of the molecule is Cc1cccc(-c2nnc(SCC(=O)Nc3ccc(F)c(F)c3)o2)c1. The molecule has 128 valence electrons. The largest absolute Gasteiger partial charge is 0.411 e. The van der Waals surface area contributed by atoms with Crippen molar-refractivity contribution in [3.05, 3.63) is 59.7 Å². The van der Waals surface area contributed by atoms with Gasteiger partial charge in [0, 0.05) is 17.3 Å². The number of nitrogens with one attached hydrogen (secondary N) is 1. The van der Waals surface area contributed by atoms with Crippen LogP contribution in [0.4, 0.5) is 14.5 Å². The first kappa shape index (κ1) is 17.1. The third-order valence-corrected chi connectivity index (χ3v) is 4.02. The molecule has 25 heavy (non-hydrogen) atoms. The highest BCUT2D eigenvalue weighted by Gasteiger charge is 2.12. The van der Waals surface area contributed by atoms with E-state index >= 15 is 0 Å². The molecule has 0 atom stereocenters. The Balaban J connectivity index is 1.58. The van der Waals surface area contributed by atoms with Gasteiger partial charge in [-0.25, -0.2) is 8.78 Å². The summed E-state index contributed by atoms with van der Waals surface area (Å²) in [6.07, 6.45) is 0. The fourth-order valence-corrected chi connectivity index (χ4v) is 2.62. The van der Waals surface area contributed by atoms with Gasteiger partial charge in [0.1, 0.15) is 0 Å². The quantitative estimate of drug-likeness (QED) is 0.694. The Kier molecular flexibility index (Phi) is 5.08. The molecule has 0 spiro atoms. The van der Waals surface area contributed by atoms with Crippen LogP contribution in [0.2, 0.25) is 0 Å². The molecule has 1 N–H and O–H groups in total. The fourth-order valence-electron chi connectivity index (χ4n) is 2.06. The highest BCUT2D eigenvalue weighted by molar-refractivity contribution is 7.99. The second-order valence-electron chi connectivity index (χ2n) is 5.21. The molecule has 3 aromatic rings. The third kappa shape index (κ3) is 4.42. The average Bonchev–Trinajstić information content (AvgIpc) is 3.05. The summed E-state index contributed by atoms with van der Waals surface area (Å²) in [5.74, 6) is -2.03. The Morgan fingerprint density at radius 1 is 1.16 bits per heavy atom.